The van der Waals surface area contributed by atoms with Gasteiger partial charge in [0.05, 0.1) is 0 Å². The third-order valence-electron chi connectivity index (χ3n) is 6.21. The number of imide groups is 1. The number of amides is 4. The highest BCUT2D eigenvalue weighted by atomic mass is 16.5. The van der Waals surface area contributed by atoms with Crippen molar-refractivity contribution in [3.05, 3.63) is 29.3 Å². The lowest BCUT2D eigenvalue weighted by Crippen LogP contribution is -2.44. The minimum absolute atomic E-state index is 0.0379. The van der Waals surface area contributed by atoms with Gasteiger partial charge in [-0.05, 0) is 61.8 Å². The van der Waals surface area contributed by atoms with E-state index < -0.39 is 17.4 Å². The minimum atomic E-state index is -0.729. The fourth-order valence-corrected chi connectivity index (χ4v) is 4.64. The molecule has 0 radical (unpaired) electrons. The first-order valence-electron chi connectivity index (χ1n) is 10.7. The van der Waals surface area contributed by atoms with Crippen molar-refractivity contribution >= 4 is 29.5 Å². The number of hydrogen-bond donors (Lipinski definition) is 2. The van der Waals surface area contributed by atoms with Crippen LogP contribution in [0.3, 0.4) is 0 Å². The summed E-state index contributed by atoms with van der Waals surface area (Å²) in [5, 5.41) is 5.56. The largest absolute Gasteiger partial charge is 0.456 e. The molecule has 3 aliphatic rings. The number of urea groups is 1. The molecule has 8 nitrogen and oxygen atoms in total. The molecule has 0 bridgehead atoms. The molecule has 4 rings (SSSR count). The van der Waals surface area contributed by atoms with E-state index in [-0.39, 0.29) is 31.5 Å². The number of nitrogens with zero attached hydrogens (tertiary/aromatic N) is 1. The van der Waals surface area contributed by atoms with Crippen LogP contribution in [0.15, 0.2) is 18.2 Å². The minimum Gasteiger partial charge on any atom is -0.456 e. The lowest BCUT2D eigenvalue weighted by Gasteiger charge is -2.19. The zero-order valence-electron chi connectivity index (χ0n) is 17.0. The van der Waals surface area contributed by atoms with Gasteiger partial charge in [0.1, 0.15) is 5.54 Å². The molecule has 8 heteroatoms. The Morgan fingerprint density at radius 1 is 1.10 bits per heavy atom. The molecule has 1 aliphatic heterocycles. The lowest BCUT2D eigenvalue weighted by atomic mass is 9.98. The second-order valence-corrected chi connectivity index (χ2v) is 8.33. The average molecular weight is 413 g/mol. The van der Waals surface area contributed by atoms with Gasteiger partial charge in [0.2, 0.25) is 0 Å². The monoisotopic (exact) mass is 413 g/mol. The van der Waals surface area contributed by atoms with Gasteiger partial charge in [-0.15, -0.1) is 0 Å². The molecule has 4 amide bonds. The molecule has 30 heavy (non-hydrogen) atoms. The molecule has 160 valence electrons. The van der Waals surface area contributed by atoms with E-state index in [0.717, 1.165) is 32.1 Å². The molecule has 0 unspecified atom stereocenters. The summed E-state index contributed by atoms with van der Waals surface area (Å²) in [6.07, 6.45) is 6.79. The zero-order valence-corrected chi connectivity index (χ0v) is 17.0. The van der Waals surface area contributed by atoms with Gasteiger partial charge in [-0.3, -0.25) is 19.3 Å². The summed E-state index contributed by atoms with van der Waals surface area (Å²) in [5.74, 6) is -1.10. The van der Waals surface area contributed by atoms with Crippen LogP contribution in [-0.4, -0.2) is 47.4 Å². The van der Waals surface area contributed by atoms with Crippen LogP contribution < -0.4 is 10.6 Å². The maximum absolute atomic E-state index is 12.5. The van der Waals surface area contributed by atoms with Gasteiger partial charge >= 0.3 is 12.0 Å². The van der Waals surface area contributed by atoms with Gasteiger partial charge in [0, 0.05) is 18.7 Å². The number of rotatable bonds is 7. The van der Waals surface area contributed by atoms with Gasteiger partial charge in [-0.25, -0.2) is 4.79 Å². The van der Waals surface area contributed by atoms with Gasteiger partial charge in [0.15, 0.2) is 6.61 Å². The maximum atomic E-state index is 12.5. The Morgan fingerprint density at radius 2 is 1.87 bits per heavy atom. The summed E-state index contributed by atoms with van der Waals surface area (Å²) in [7, 11) is 0. The Morgan fingerprint density at radius 3 is 2.67 bits per heavy atom. The second kappa shape index (κ2) is 8.45. The second-order valence-electron chi connectivity index (χ2n) is 8.33. The zero-order chi connectivity index (χ0) is 21.1. The molecular weight excluding hydrogens is 386 g/mol. The molecule has 1 saturated carbocycles. The number of esters is 1. The van der Waals surface area contributed by atoms with Crippen molar-refractivity contribution < 1.29 is 23.9 Å². The summed E-state index contributed by atoms with van der Waals surface area (Å²) in [6.45, 7) is -0.189. The Balaban J connectivity index is 1.17. The number of carbonyl (C=O) groups is 4. The van der Waals surface area contributed by atoms with E-state index >= 15 is 0 Å². The highest BCUT2D eigenvalue weighted by Gasteiger charge is 2.52. The Bertz CT molecular complexity index is 876. The number of aryl methyl sites for hydroxylation is 2. The van der Waals surface area contributed by atoms with Crippen LogP contribution in [0.2, 0.25) is 0 Å². The number of carbonyl (C=O) groups excluding carboxylic acids is 4. The third kappa shape index (κ3) is 4.17. The fourth-order valence-electron chi connectivity index (χ4n) is 4.64. The number of anilines is 1. The van der Waals surface area contributed by atoms with Crippen molar-refractivity contribution in [1.29, 1.82) is 0 Å². The first-order chi connectivity index (χ1) is 14.5. The highest BCUT2D eigenvalue weighted by molar-refractivity contribution is 6.07. The van der Waals surface area contributed by atoms with Gasteiger partial charge in [-0.2, -0.15) is 0 Å². The lowest BCUT2D eigenvalue weighted by molar-refractivity contribution is -0.147. The van der Waals surface area contributed by atoms with Crippen LogP contribution in [0.5, 0.6) is 0 Å². The summed E-state index contributed by atoms with van der Waals surface area (Å²) < 4.78 is 5.03. The van der Waals surface area contributed by atoms with E-state index in [1.165, 1.54) is 16.0 Å². The molecule has 2 N–H and O–H groups in total. The van der Waals surface area contributed by atoms with Crippen molar-refractivity contribution in [1.82, 2.24) is 10.2 Å². The number of fused-ring (bicyclic) bond motifs is 1. The molecule has 2 aliphatic carbocycles. The number of benzene rings is 1. The summed E-state index contributed by atoms with van der Waals surface area (Å²) in [6, 6.07) is 5.47. The van der Waals surface area contributed by atoms with Crippen LogP contribution in [0.1, 0.15) is 56.1 Å². The normalized spacial score (nSPS) is 19.1. The van der Waals surface area contributed by atoms with E-state index in [1.54, 1.807) is 0 Å². The van der Waals surface area contributed by atoms with Crippen molar-refractivity contribution in [2.24, 2.45) is 0 Å². The standard InChI is InChI=1S/C22H27N3O5/c26-18(23-17-9-8-15-5-3-6-16(15)13-17)14-30-19(27)7-4-12-25-20(28)22(24-21(25)29)10-1-2-11-22/h8-9,13H,1-7,10-12,14H2,(H,23,26)(H,24,29). The third-order valence-corrected chi connectivity index (χ3v) is 6.21. The van der Waals surface area contributed by atoms with Gasteiger partial charge < -0.3 is 15.4 Å². The van der Waals surface area contributed by atoms with Crippen LogP contribution in [0.4, 0.5) is 10.5 Å². The Kier molecular flexibility index (Phi) is 5.74. The summed E-state index contributed by atoms with van der Waals surface area (Å²) in [4.78, 5) is 49.8. The summed E-state index contributed by atoms with van der Waals surface area (Å²) >= 11 is 0. The average Bonchev–Trinajstić information content (AvgIpc) is 3.43. The molecule has 1 spiro atoms. The molecule has 1 heterocycles. The van der Waals surface area contributed by atoms with E-state index in [9.17, 15) is 19.2 Å². The van der Waals surface area contributed by atoms with Crippen LogP contribution in [-0.2, 0) is 32.0 Å². The molecule has 1 aromatic carbocycles. The molecule has 0 aromatic heterocycles. The van der Waals surface area contributed by atoms with Gasteiger partial charge in [-0.1, -0.05) is 18.9 Å². The smallest absolute Gasteiger partial charge is 0.325 e. The Labute approximate surface area is 175 Å². The van der Waals surface area contributed by atoms with Crippen LogP contribution in [0.25, 0.3) is 0 Å². The summed E-state index contributed by atoms with van der Waals surface area (Å²) in [5.41, 5.74) is 2.55. The predicted molar refractivity (Wildman–Crippen MR) is 109 cm³/mol. The van der Waals surface area contributed by atoms with E-state index in [4.69, 9.17) is 4.74 Å². The molecule has 0 atom stereocenters. The Hall–Kier alpha value is -2.90. The predicted octanol–water partition coefficient (Wildman–Crippen LogP) is 2.30. The van der Waals surface area contributed by atoms with E-state index in [2.05, 4.69) is 10.6 Å². The van der Waals surface area contributed by atoms with Crippen molar-refractivity contribution in [3.63, 3.8) is 0 Å². The molecular formula is C22H27N3O5. The maximum Gasteiger partial charge on any atom is 0.325 e. The number of hydrogen-bond acceptors (Lipinski definition) is 5. The quantitative estimate of drug-likeness (QED) is 0.527. The molecule has 2 fully saturated rings. The van der Waals surface area contributed by atoms with Crippen molar-refractivity contribution in [3.8, 4) is 0 Å². The van der Waals surface area contributed by atoms with E-state index in [0.29, 0.717) is 24.9 Å². The van der Waals surface area contributed by atoms with E-state index in [1.807, 2.05) is 18.2 Å². The van der Waals surface area contributed by atoms with Crippen LogP contribution in [0, 0.1) is 0 Å². The first-order valence-corrected chi connectivity index (χ1v) is 10.7. The topological polar surface area (TPSA) is 105 Å². The van der Waals surface area contributed by atoms with Crippen LogP contribution >= 0.6 is 0 Å². The molecule has 1 saturated heterocycles. The van der Waals surface area contributed by atoms with Gasteiger partial charge in [0.25, 0.3) is 11.8 Å². The number of nitrogens with one attached hydrogen (secondary N) is 2. The highest BCUT2D eigenvalue weighted by Crippen LogP contribution is 2.35. The fraction of sp³-hybridized carbons (Fsp3) is 0.545. The number of ether oxygens (including phenoxy) is 1. The first kappa shape index (κ1) is 20.4. The SMILES string of the molecule is O=C(COC(=O)CCCN1C(=O)NC2(CCCC2)C1=O)Nc1ccc2c(c1)CCC2. The molecule has 1 aromatic rings. The van der Waals surface area contributed by atoms with Crippen molar-refractivity contribution in [2.75, 3.05) is 18.5 Å². The van der Waals surface area contributed by atoms with Crippen molar-refractivity contribution in [2.45, 2.75) is 63.3 Å².